The van der Waals surface area contributed by atoms with E-state index in [9.17, 15) is 4.79 Å². The van der Waals surface area contributed by atoms with Gasteiger partial charge in [-0.25, -0.2) is 9.78 Å². The first-order valence-corrected chi connectivity index (χ1v) is 7.32. The van der Waals surface area contributed by atoms with Crippen LogP contribution in [-0.2, 0) is 0 Å². The van der Waals surface area contributed by atoms with Crippen molar-refractivity contribution in [1.29, 1.82) is 5.26 Å². The number of carbonyl (C=O) groups excluding carboxylic acids is 1. The molecule has 0 unspecified atom stereocenters. The zero-order valence-corrected chi connectivity index (χ0v) is 12.2. The Morgan fingerprint density at radius 1 is 1.29 bits per heavy atom. The molecule has 2 fully saturated rings. The Hall–Kier alpha value is -2.29. The Labute approximate surface area is 124 Å². The second-order valence-electron chi connectivity index (χ2n) is 5.60. The predicted octanol–water partition coefficient (Wildman–Crippen LogP) is 1.29. The van der Waals surface area contributed by atoms with Gasteiger partial charge in [-0.3, -0.25) is 0 Å². The maximum absolute atomic E-state index is 12.0. The van der Waals surface area contributed by atoms with Gasteiger partial charge in [-0.05, 0) is 25.0 Å². The number of piperidine rings is 1. The number of likely N-dealkylation sites (N-methyl/N-ethyl adjacent to an activating group) is 1. The van der Waals surface area contributed by atoms with Gasteiger partial charge in [-0.1, -0.05) is 0 Å². The first-order chi connectivity index (χ1) is 10.2. The van der Waals surface area contributed by atoms with Crippen LogP contribution in [0, 0.1) is 11.3 Å². The highest BCUT2D eigenvalue weighted by atomic mass is 16.2. The second-order valence-corrected chi connectivity index (χ2v) is 5.60. The lowest BCUT2D eigenvalue weighted by atomic mass is 10.0. The van der Waals surface area contributed by atoms with Crippen LogP contribution in [0.3, 0.4) is 0 Å². The van der Waals surface area contributed by atoms with Gasteiger partial charge in [0.25, 0.3) is 0 Å². The molecule has 6 heteroatoms. The summed E-state index contributed by atoms with van der Waals surface area (Å²) >= 11 is 0. The average molecular weight is 285 g/mol. The smallest absolute Gasteiger partial charge is 0.320 e. The molecule has 2 aliphatic rings. The number of carbonyl (C=O) groups is 1. The van der Waals surface area contributed by atoms with Crippen LogP contribution in [0.1, 0.15) is 18.4 Å². The zero-order valence-electron chi connectivity index (χ0n) is 12.2. The molecule has 1 aromatic rings. The zero-order chi connectivity index (χ0) is 14.8. The fourth-order valence-electron chi connectivity index (χ4n) is 3.13. The molecule has 6 nitrogen and oxygen atoms in total. The number of pyridine rings is 1. The van der Waals surface area contributed by atoms with Crippen molar-refractivity contribution < 1.29 is 4.79 Å². The molecule has 0 spiro atoms. The number of aromatic nitrogens is 1. The van der Waals surface area contributed by atoms with Crippen LogP contribution in [-0.4, -0.2) is 60.1 Å². The van der Waals surface area contributed by atoms with Crippen LogP contribution in [0.15, 0.2) is 18.3 Å². The quantitative estimate of drug-likeness (QED) is 0.821. The van der Waals surface area contributed by atoms with Gasteiger partial charge in [0, 0.05) is 45.5 Å². The van der Waals surface area contributed by atoms with E-state index in [-0.39, 0.29) is 6.03 Å². The number of nitrogens with zero attached hydrogens (tertiary/aromatic N) is 5. The van der Waals surface area contributed by atoms with E-state index < -0.39 is 0 Å². The Balaban J connectivity index is 1.66. The van der Waals surface area contributed by atoms with Gasteiger partial charge in [0.15, 0.2) is 0 Å². The van der Waals surface area contributed by atoms with Crippen molar-refractivity contribution in [3.8, 4) is 6.07 Å². The van der Waals surface area contributed by atoms with Crippen LogP contribution in [0.4, 0.5) is 10.6 Å². The van der Waals surface area contributed by atoms with Crippen molar-refractivity contribution >= 4 is 11.8 Å². The summed E-state index contributed by atoms with van der Waals surface area (Å²) < 4.78 is 0. The van der Waals surface area contributed by atoms with Crippen LogP contribution < -0.4 is 4.90 Å². The molecule has 0 bridgehead atoms. The molecule has 21 heavy (non-hydrogen) atoms. The molecule has 0 atom stereocenters. The van der Waals surface area contributed by atoms with E-state index in [2.05, 4.69) is 16.0 Å². The van der Waals surface area contributed by atoms with Gasteiger partial charge in [0.1, 0.15) is 11.9 Å². The molecular formula is C15H19N5O. The highest BCUT2D eigenvalue weighted by Crippen LogP contribution is 2.25. The highest BCUT2D eigenvalue weighted by Gasteiger charge is 2.34. The first kappa shape index (κ1) is 13.7. The minimum Gasteiger partial charge on any atom is -0.355 e. The lowest BCUT2D eigenvalue weighted by Crippen LogP contribution is -2.46. The number of rotatable bonds is 2. The van der Waals surface area contributed by atoms with E-state index in [4.69, 9.17) is 5.26 Å². The Morgan fingerprint density at radius 3 is 2.67 bits per heavy atom. The molecule has 2 amide bonds. The molecule has 0 aromatic carbocycles. The maximum Gasteiger partial charge on any atom is 0.320 e. The molecule has 110 valence electrons. The Bertz CT molecular complexity index is 574. The third-order valence-corrected chi connectivity index (χ3v) is 4.36. The fourth-order valence-corrected chi connectivity index (χ4v) is 3.13. The summed E-state index contributed by atoms with van der Waals surface area (Å²) in [5.74, 6) is 0.767. The third-order valence-electron chi connectivity index (χ3n) is 4.36. The monoisotopic (exact) mass is 285 g/mol. The standard InChI is InChI=1S/C15H19N5O/c1-18-9-10-20(15(18)21)13-4-7-19(8-5-13)14-12(11-16)3-2-6-17-14/h2-3,6,13H,4-5,7-10H2,1H3. The van der Waals surface area contributed by atoms with Crippen LogP contribution >= 0.6 is 0 Å². The fraction of sp³-hybridized carbons (Fsp3) is 0.533. The molecule has 1 aromatic heterocycles. The van der Waals surface area contributed by atoms with Gasteiger partial charge in [-0.15, -0.1) is 0 Å². The number of hydrogen-bond donors (Lipinski definition) is 0. The molecular weight excluding hydrogens is 266 g/mol. The van der Waals surface area contributed by atoms with E-state index in [1.54, 1.807) is 23.2 Å². The van der Waals surface area contributed by atoms with Crippen molar-refractivity contribution in [2.75, 3.05) is 38.1 Å². The van der Waals surface area contributed by atoms with E-state index in [0.29, 0.717) is 11.6 Å². The van der Waals surface area contributed by atoms with Crippen molar-refractivity contribution in [2.45, 2.75) is 18.9 Å². The summed E-state index contributed by atoms with van der Waals surface area (Å²) in [5, 5.41) is 9.16. The second kappa shape index (κ2) is 5.60. The summed E-state index contributed by atoms with van der Waals surface area (Å²) in [7, 11) is 1.85. The number of anilines is 1. The van der Waals surface area contributed by atoms with Crippen molar-refractivity contribution in [3.63, 3.8) is 0 Å². The van der Waals surface area contributed by atoms with Crippen LogP contribution in [0.25, 0.3) is 0 Å². The molecule has 2 saturated heterocycles. The summed E-state index contributed by atoms with van der Waals surface area (Å²) in [6.07, 6.45) is 3.59. The SMILES string of the molecule is CN1CCN(C2CCN(c3ncccc3C#N)CC2)C1=O. The first-order valence-electron chi connectivity index (χ1n) is 7.32. The molecule has 2 aliphatic heterocycles. The lowest BCUT2D eigenvalue weighted by Gasteiger charge is -2.37. The maximum atomic E-state index is 12.0. The van der Waals surface area contributed by atoms with Crippen molar-refractivity contribution in [1.82, 2.24) is 14.8 Å². The third kappa shape index (κ3) is 2.51. The van der Waals surface area contributed by atoms with E-state index in [0.717, 1.165) is 44.8 Å². The minimum absolute atomic E-state index is 0.143. The number of hydrogen-bond acceptors (Lipinski definition) is 4. The van der Waals surface area contributed by atoms with Crippen molar-refractivity contribution in [2.24, 2.45) is 0 Å². The molecule has 0 saturated carbocycles. The van der Waals surface area contributed by atoms with Gasteiger partial charge in [-0.2, -0.15) is 5.26 Å². The highest BCUT2D eigenvalue weighted by molar-refractivity contribution is 5.76. The lowest BCUT2D eigenvalue weighted by molar-refractivity contribution is 0.173. The topological polar surface area (TPSA) is 63.5 Å². The molecule has 0 aliphatic carbocycles. The van der Waals surface area contributed by atoms with Crippen LogP contribution in [0.5, 0.6) is 0 Å². The van der Waals surface area contributed by atoms with Gasteiger partial charge < -0.3 is 14.7 Å². The van der Waals surface area contributed by atoms with Gasteiger partial charge >= 0.3 is 6.03 Å². The summed E-state index contributed by atoms with van der Waals surface area (Å²) in [4.78, 5) is 22.3. The largest absolute Gasteiger partial charge is 0.355 e. The minimum atomic E-state index is 0.143. The number of nitriles is 1. The summed E-state index contributed by atoms with van der Waals surface area (Å²) in [6.45, 7) is 3.32. The number of urea groups is 1. The molecule has 0 radical (unpaired) electrons. The van der Waals surface area contributed by atoms with E-state index in [1.807, 2.05) is 11.9 Å². The molecule has 3 heterocycles. The van der Waals surface area contributed by atoms with Gasteiger partial charge in [0.05, 0.1) is 5.56 Å². The summed E-state index contributed by atoms with van der Waals surface area (Å²) in [5.41, 5.74) is 0.618. The van der Waals surface area contributed by atoms with Crippen molar-refractivity contribution in [3.05, 3.63) is 23.9 Å². The van der Waals surface area contributed by atoms with E-state index in [1.165, 1.54) is 0 Å². The summed E-state index contributed by atoms with van der Waals surface area (Å²) in [6, 6.07) is 6.24. The Kier molecular flexibility index (Phi) is 3.65. The predicted molar refractivity (Wildman–Crippen MR) is 78.9 cm³/mol. The van der Waals surface area contributed by atoms with Gasteiger partial charge in [0.2, 0.25) is 0 Å². The molecule has 0 N–H and O–H groups in total. The number of amides is 2. The van der Waals surface area contributed by atoms with Crippen LogP contribution in [0.2, 0.25) is 0 Å². The normalized spacial score (nSPS) is 20.0. The average Bonchev–Trinajstić information content (AvgIpc) is 2.87. The van der Waals surface area contributed by atoms with E-state index >= 15 is 0 Å². The Morgan fingerprint density at radius 2 is 2.05 bits per heavy atom. The molecule has 3 rings (SSSR count).